The van der Waals surface area contributed by atoms with Gasteiger partial charge in [0.15, 0.2) is 5.13 Å². The molecule has 184 valence electrons. The van der Waals surface area contributed by atoms with Gasteiger partial charge in [-0.05, 0) is 36.8 Å². The van der Waals surface area contributed by atoms with Gasteiger partial charge in [0.05, 0.1) is 36.5 Å². The fraction of sp³-hybridized carbons (Fsp3) is 0.167. The number of carbonyl (C=O) groups is 3. The minimum absolute atomic E-state index is 0.000266. The van der Waals surface area contributed by atoms with E-state index in [0.29, 0.717) is 5.75 Å². The molecule has 1 atom stereocenters. The summed E-state index contributed by atoms with van der Waals surface area (Å²) in [5.41, 5.74) is 0.156. The zero-order valence-electron chi connectivity index (χ0n) is 19.3. The number of amides is 1. The molecule has 2 heterocycles. The summed E-state index contributed by atoms with van der Waals surface area (Å²) in [4.78, 5) is 54.9. The highest BCUT2D eigenvalue weighted by molar-refractivity contribution is 7.17. The van der Waals surface area contributed by atoms with Gasteiger partial charge in [0.1, 0.15) is 16.4 Å². The van der Waals surface area contributed by atoms with Gasteiger partial charge in [-0.2, -0.15) is 0 Å². The van der Waals surface area contributed by atoms with E-state index in [-0.39, 0.29) is 38.1 Å². The molecule has 1 N–H and O–H groups in total. The highest BCUT2D eigenvalue weighted by atomic mass is 32.1. The monoisotopic (exact) mass is 509 g/mol. The molecule has 1 aromatic heterocycles. The largest absolute Gasteiger partial charge is 0.507 e. The van der Waals surface area contributed by atoms with Gasteiger partial charge in [0, 0.05) is 17.7 Å². The zero-order valence-corrected chi connectivity index (χ0v) is 20.1. The van der Waals surface area contributed by atoms with E-state index < -0.39 is 34.4 Å². The van der Waals surface area contributed by atoms with Crippen molar-refractivity contribution >= 4 is 45.6 Å². The number of hydrogen-bond acceptors (Lipinski definition) is 10. The van der Waals surface area contributed by atoms with Crippen molar-refractivity contribution < 1.29 is 33.9 Å². The number of esters is 1. The van der Waals surface area contributed by atoms with Crippen LogP contribution >= 0.6 is 11.3 Å². The van der Waals surface area contributed by atoms with Gasteiger partial charge in [-0.25, -0.2) is 9.78 Å². The molecular formula is C24H19N3O8S. The van der Waals surface area contributed by atoms with Crippen LogP contribution in [0.2, 0.25) is 0 Å². The standard InChI is InChI=1S/C24H19N3O8S/c1-12-21(23(31)35-3)36-24(25-12)26-18(14-5-4-6-15(11-14)27(32)33)17(20(29)22(26)30)19(28)13-7-9-16(34-2)10-8-13/h4-11,18,28H,1-3H3/b19-17+. The van der Waals surface area contributed by atoms with Crippen molar-refractivity contribution in [1.29, 1.82) is 0 Å². The number of Topliss-reactive ketones (excluding diaryl/α,β-unsaturated/α-hetero) is 1. The number of thiazole rings is 1. The van der Waals surface area contributed by atoms with Gasteiger partial charge in [0.2, 0.25) is 0 Å². The molecule has 1 aliphatic heterocycles. The summed E-state index contributed by atoms with van der Waals surface area (Å²) < 4.78 is 9.88. The summed E-state index contributed by atoms with van der Waals surface area (Å²) in [6.07, 6.45) is 0. The number of benzene rings is 2. The van der Waals surface area contributed by atoms with E-state index in [1.54, 1.807) is 19.1 Å². The minimum atomic E-state index is -1.25. The van der Waals surface area contributed by atoms with E-state index in [9.17, 15) is 29.6 Å². The molecule has 4 rings (SSSR count). The van der Waals surface area contributed by atoms with Gasteiger partial charge in [-0.3, -0.25) is 24.6 Å². The minimum Gasteiger partial charge on any atom is -0.507 e. The first kappa shape index (κ1) is 24.5. The topological polar surface area (TPSA) is 149 Å². The maximum Gasteiger partial charge on any atom is 0.350 e. The number of aliphatic hydroxyl groups is 1. The Balaban J connectivity index is 1.95. The number of aromatic nitrogens is 1. The number of aliphatic hydroxyl groups excluding tert-OH is 1. The first-order chi connectivity index (χ1) is 17.2. The predicted molar refractivity (Wildman–Crippen MR) is 129 cm³/mol. The third-order valence-electron chi connectivity index (χ3n) is 5.57. The number of aryl methyl sites for hydroxylation is 1. The Labute approximate surface area is 208 Å². The Bertz CT molecular complexity index is 1430. The Morgan fingerprint density at radius 2 is 1.86 bits per heavy atom. The number of ether oxygens (including phenoxy) is 2. The van der Waals surface area contributed by atoms with Crippen LogP contribution in [-0.4, -0.2) is 46.9 Å². The normalized spacial score (nSPS) is 16.8. The summed E-state index contributed by atoms with van der Waals surface area (Å²) >= 11 is 0.831. The molecule has 3 aromatic rings. The maximum absolute atomic E-state index is 13.2. The lowest BCUT2D eigenvalue weighted by atomic mass is 9.95. The lowest BCUT2D eigenvalue weighted by molar-refractivity contribution is -0.384. The molecule has 0 radical (unpaired) electrons. The van der Waals surface area contributed by atoms with Crippen LogP contribution in [0.3, 0.4) is 0 Å². The molecule has 1 amide bonds. The van der Waals surface area contributed by atoms with Gasteiger partial charge < -0.3 is 14.6 Å². The van der Waals surface area contributed by atoms with E-state index in [4.69, 9.17) is 9.47 Å². The number of anilines is 1. The summed E-state index contributed by atoms with van der Waals surface area (Å²) in [6, 6.07) is 10.3. The number of rotatable bonds is 6. The smallest absolute Gasteiger partial charge is 0.350 e. The number of nitrogens with zero attached hydrogens (tertiary/aromatic N) is 3. The molecule has 12 heteroatoms. The molecule has 0 aliphatic carbocycles. The van der Waals surface area contributed by atoms with E-state index in [1.807, 2.05) is 0 Å². The van der Waals surface area contributed by atoms with Crippen LogP contribution in [0.25, 0.3) is 5.76 Å². The molecule has 1 aliphatic rings. The molecule has 2 aromatic carbocycles. The van der Waals surface area contributed by atoms with Crippen LogP contribution in [-0.2, 0) is 14.3 Å². The van der Waals surface area contributed by atoms with Crippen LogP contribution in [0.1, 0.15) is 32.5 Å². The van der Waals surface area contributed by atoms with E-state index in [1.165, 1.54) is 50.6 Å². The van der Waals surface area contributed by atoms with E-state index >= 15 is 0 Å². The number of nitro benzene ring substituents is 1. The van der Waals surface area contributed by atoms with Crippen molar-refractivity contribution in [3.05, 3.63) is 85.9 Å². The summed E-state index contributed by atoms with van der Waals surface area (Å²) in [6.45, 7) is 1.54. The second kappa shape index (κ2) is 9.58. The van der Waals surface area contributed by atoms with E-state index in [0.717, 1.165) is 16.2 Å². The Morgan fingerprint density at radius 3 is 2.47 bits per heavy atom. The van der Waals surface area contributed by atoms with Crippen LogP contribution in [0.15, 0.2) is 54.1 Å². The number of non-ortho nitro benzene ring substituents is 1. The first-order valence-electron chi connectivity index (χ1n) is 10.4. The van der Waals surface area contributed by atoms with Gasteiger partial charge in [-0.15, -0.1) is 0 Å². The molecular weight excluding hydrogens is 490 g/mol. The van der Waals surface area contributed by atoms with Crippen LogP contribution in [0.4, 0.5) is 10.8 Å². The van der Waals surface area contributed by atoms with Crippen molar-refractivity contribution in [1.82, 2.24) is 4.98 Å². The zero-order chi connectivity index (χ0) is 26.1. The number of carbonyl (C=O) groups excluding carboxylic acids is 3. The molecule has 1 unspecified atom stereocenters. The fourth-order valence-corrected chi connectivity index (χ4v) is 4.84. The fourth-order valence-electron chi connectivity index (χ4n) is 3.83. The average Bonchev–Trinajstić information content (AvgIpc) is 3.39. The third kappa shape index (κ3) is 4.18. The van der Waals surface area contributed by atoms with Crippen LogP contribution in [0.5, 0.6) is 5.75 Å². The second-order valence-corrected chi connectivity index (χ2v) is 8.63. The van der Waals surface area contributed by atoms with Crippen molar-refractivity contribution in [2.24, 2.45) is 0 Å². The number of ketones is 1. The van der Waals surface area contributed by atoms with Crippen LogP contribution in [0, 0.1) is 17.0 Å². The molecule has 0 spiro atoms. The molecule has 0 bridgehead atoms. The highest BCUT2D eigenvalue weighted by Gasteiger charge is 2.48. The lowest BCUT2D eigenvalue weighted by Gasteiger charge is -2.22. The lowest BCUT2D eigenvalue weighted by Crippen LogP contribution is -2.29. The SMILES string of the molecule is COC(=O)c1sc(N2C(=O)C(=O)/C(=C(/O)c3ccc(OC)cc3)C2c2cccc([N+](=O)[O-])c2)nc1C. The quantitative estimate of drug-likeness (QED) is 0.131. The third-order valence-corrected chi connectivity index (χ3v) is 6.70. The second-order valence-electron chi connectivity index (χ2n) is 7.65. The molecule has 1 saturated heterocycles. The first-order valence-corrected chi connectivity index (χ1v) is 11.2. The Hall–Kier alpha value is -4.58. The van der Waals surface area contributed by atoms with Gasteiger partial charge >= 0.3 is 11.9 Å². The van der Waals surface area contributed by atoms with Crippen molar-refractivity contribution in [3.63, 3.8) is 0 Å². The Kier molecular flexibility index (Phi) is 6.53. The summed E-state index contributed by atoms with van der Waals surface area (Å²) in [7, 11) is 2.67. The highest BCUT2D eigenvalue weighted by Crippen LogP contribution is 2.44. The maximum atomic E-state index is 13.2. The van der Waals surface area contributed by atoms with Gasteiger partial charge in [0.25, 0.3) is 11.5 Å². The van der Waals surface area contributed by atoms with Gasteiger partial charge in [-0.1, -0.05) is 23.5 Å². The Morgan fingerprint density at radius 1 is 1.17 bits per heavy atom. The molecule has 1 fully saturated rings. The average molecular weight is 509 g/mol. The summed E-state index contributed by atoms with van der Waals surface area (Å²) in [5, 5.41) is 22.6. The van der Waals surface area contributed by atoms with Crippen molar-refractivity contribution in [3.8, 4) is 5.75 Å². The molecule has 36 heavy (non-hydrogen) atoms. The molecule has 0 saturated carbocycles. The number of methoxy groups -OCH3 is 2. The van der Waals surface area contributed by atoms with Crippen molar-refractivity contribution in [2.75, 3.05) is 19.1 Å². The predicted octanol–water partition coefficient (Wildman–Crippen LogP) is 3.78. The molecule has 11 nitrogen and oxygen atoms in total. The summed E-state index contributed by atoms with van der Waals surface area (Å²) in [5.74, 6) is -2.65. The van der Waals surface area contributed by atoms with E-state index in [2.05, 4.69) is 4.98 Å². The van der Waals surface area contributed by atoms with Crippen LogP contribution < -0.4 is 9.64 Å². The number of hydrogen-bond donors (Lipinski definition) is 1. The number of nitro groups is 1. The van der Waals surface area contributed by atoms with Crippen molar-refractivity contribution in [2.45, 2.75) is 13.0 Å².